The molecule has 140 valence electrons. The molecule has 2 aromatic rings. The number of aliphatic carboxylic acids is 1. The first-order valence-electron chi connectivity index (χ1n) is 8.48. The lowest BCUT2D eigenvalue weighted by Gasteiger charge is -2.10. The molecule has 6 heteroatoms. The van der Waals surface area contributed by atoms with Crippen molar-refractivity contribution in [2.24, 2.45) is 4.99 Å². The number of carbonyl (C=O) groups excluding carboxylic acids is 1. The van der Waals surface area contributed by atoms with Gasteiger partial charge in [0.1, 0.15) is 11.3 Å². The summed E-state index contributed by atoms with van der Waals surface area (Å²) in [6.45, 7) is 1.76. The first-order valence-corrected chi connectivity index (χ1v) is 8.48. The second kappa shape index (κ2) is 9.91. The Morgan fingerprint density at radius 2 is 1.63 bits per heavy atom. The fourth-order valence-corrected chi connectivity index (χ4v) is 2.38. The monoisotopic (exact) mass is 367 g/mol. The number of benzene rings is 2. The molecular formula is C21H21NO5. The Labute approximate surface area is 157 Å². The van der Waals surface area contributed by atoms with Crippen LogP contribution in [0.15, 0.2) is 71.2 Å². The van der Waals surface area contributed by atoms with Crippen LogP contribution in [0.25, 0.3) is 5.76 Å². The molecular weight excluding hydrogens is 346 g/mol. The molecule has 0 heterocycles. The predicted molar refractivity (Wildman–Crippen MR) is 103 cm³/mol. The molecule has 1 atom stereocenters. The van der Waals surface area contributed by atoms with E-state index in [1.165, 1.54) is 0 Å². The molecule has 0 saturated carbocycles. The topological polar surface area (TPSA) is 96.2 Å². The molecule has 0 fully saturated rings. The number of aliphatic imine (C=N–C) groups is 1. The van der Waals surface area contributed by atoms with Crippen LogP contribution in [0.4, 0.5) is 0 Å². The van der Waals surface area contributed by atoms with E-state index in [-0.39, 0.29) is 24.4 Å². The van der Waals surface area contributed by atoms with Gasteiger partial charge < -0.3 is 14.9 Å². The van der Waals surface area contributed by atoms with Crippen LogP contribution in [0.3, 0.4) is 0 Å². The van der Waals surface area contributed by atoms with Crippen molar-refractivity contribution in [3.05, 3.63) is 77.4 Å². The Morgan fingerprint density at radius 3 is 2.19 bits per heavy atom. The maximum Gasteiger partial charge on any atom is 0.343 e. The van der Waals surface area contributed by atoms with Gasteiger partial charge in [-0.15, -0.1) is 0 Å². The molecule has 2 rings (SSSR count). The first kappa shape index (κ1) is 19.9. The molecule has 0 radical (unpaired) electrons. The zero-order valence-electron chi connectivity index (χ0n) is 14.9. The van der Waals surface area contributed by atoms with Crippen molar-refractivity contribution < 1.29 is 24.5 Å². The fourth-order valence-electron chi connectivity index (χ4n) is 2.38. The number of hydrogen-bond donors (Lipinski definition) is 2. The van der Waals surface area contributed by atoms with E-state index >= 15 is 0 Å². The van der Waals surface area contributed by atoms with Crippen molar-refractivity contribution in [3.63, 3.8) is 0 Å². The number of ether oxygens (including phenoxy) is 1. The highest BCUT2D eigenvalue weighted by molar-refractivity contribution is 6.15. The normalized spacial score (nSPS) is 13.1. The number of aliphatic hydroxyl groups is 1. The van der Waals surface area contributed by atoms with Crippen LogP contribution in [0.5, 0.6) is 0 Å². The number of nitrogens with zero attached hydrogens (tertiary/aromatic N) is 1. The highest BCUT2D eigenvalue weighted by atomic mass is 16.5. The molecule has 0 amide bonds. The molecule has 0 bridgehead atoms. The summed E-state index contributed by atoms with van der Waals surface area (Å²) in [5, 5.41) is 19.9. The summed E-state index contributed by atoms with van der Waals surface area (Å²) in [5.74, 6) is -2.22. The number of aliphatic hydroxyl groups excluding tert-OH is 1. The first-order chi connectivity index (χ1) is 13.0. The third kappa shape index (κ3) is 5.81. The lowest BCUT2D eigenvalue weighted by Crippen LogP contribution is -2.22. The van der Waals surface area contributed by atoms with E-state index in [9.17, 15) is 19.8 Å². The van der Waals surface area contributed by atoms with Gasteiger partial charge in [0, 0.05) is 18.2 Å². The van der Waals surface area contributed by atoms with Crippen LogP contribution in [0, 0.1) is 0 Å². The van der Waals surface area contributed by atoms with Gasteiger partial charge in [0.25, 0.3) is 0 Å². The van der Waals surface area contributed by atoms with E-state index < -0.39 is 18.0 Å². The van der Waals surface area contributed by atoms with E-state index in [2.05, 4.69) is 4.99 Å². The van der Waals surface area contributed by atoms with Crippen molar-refractivity contribution in [2.45, 2.75) is 19.4 Å². The largest absolute Gasteiger partial charge is 0.506 e. The zero-order chi connectivity index (χ0) is 19.6. The summed E-state index contributed by atoms with van der Waals surface area (Å²) >= 11 is 0. The van der Waals surface area contributed by atoms with Crippen molar-refractivity contribution in [1.82, 2.24) is 0 Å². The van der Waals surface area contributed by atoms with Gasteiger partial charge in [-0.25, -0.2) is 9.59 Å². The zero-order valence-corrected chi connectivity index (χ0v) is 14.9. The Bertz CT molecular complexity index is 828. The number of carbonyl (C=O) groups is 2. The van der Waals surface area contributed by atoms with Crippen LogP contribution in [0.1, 0.15) is 18.1 Å². The fraction of sp³-hybridized carbons (Fsp3) is 0.190. The minimum atomic E-state index is -1.13. The number of carboxylic acids is 1. The van der Waals surface area contributed by atoms with Crippen molar-refractivity contribution >= 4 is 23.9 Å². The Morgan fingerprint density at radius 1 is 1.04 bits per heavy atom. The molecule has 6 nitrogen and oxygen atoms in total. The standard InChI is InChI=1S/C21H21NO5/c1-2-27-21(26)17(19(23)16-11-7-4-8-12-16)14-22-18(20(24)25)13-15-9-5-3-6-10-15/h3-12,14,18,23H,2,13H2,1H3,(H,24,25)/b19-17-,22-14?/t18-/m0/s1. The van der Waals surface area contributed by atoms with Gasteiger partial charge in [0.15, 0.2) is 6.04 Å². The molecule has 0 aliphatic heterocycles. The predicted octanol–water partition coefficient (Wildman–Crippen LogP) is 3.29. The lowest BCUT2D eigenvalue weighted by molar-refractivity contribution is -0.139. The minimum absolute atomic E-state index is 0.116. The minimum Gasteiger partial charge on any atom is -0.506 e. The van der Waals surface area contributed by atoms with Crippen LogP contribution in [0.2, 0.25) is 0 Å². The second-order valence-corrected chi connectivity index (χ2v) is 5.67. The average Bonchev–Trinajstić information content (AvgIpc) is 2.68. The highest BCUT2D eigenvalue weighted by Crippen LogP contribution is 2.16. The number of rotatable bonds is 8. The quantitative estimate of drug-likeness (QED) is 0.323. The molecule has 0 spiro atoms. The lowest BCUT2D eigenvalue weighted by atomic mass is 10.1. The van der Waals surface area contributed by atoms with Gasteiger partial charge in [0.05, 0.1) is 6.61 Å². The van der Waals surface area contributed by atoms with Crippen molar-refractivity contribution in [3.8, 4) is 0 Å². The maximum absolute atomic E-state index is 12.2. The third-order valence-electron chi connectivity index (χ3n) is 3.74. The van der Waals surface area contributed by atoms with Crippen LogP contribution < -0.4 is 0 Å². The molecule has 0 aliphatic carbocycles. The van der Waals surface area contributed by atoms with Gasteiger partial charge in [-0.3, -0.25) is 4.99 Å². The Kier molecular flexibility index (Phi) is 7.31. The summed E-state index contributed by atoms with van der Waals surface area (Å²) < 4.78 is 4.96. The van der Waals surface area contributed by atoms with Crippen LogP contribution in [-0.2, 0) is 20.7 Å². The van der Waals surface area contributed by atoms with Gasteiger partial charge >= 0.3 is 11.9 Å². The Balaban J connectivity index is 2.34. The number of hydrogen-bond acceptors (Lipinski definition) is 5. The van der Waals surface area contributed by atoms with E-state index in [0.29, 0.717) is 5.56 Å². The van der Waals surface area contributed by atoms with Crippen molar-refractivity contribution in [2.75, 3.05) is 6.61 Å². The summed E-state index contributed by atoms with van der Waals surface area (Å²) in [4.78, 5) is 27.8. The van der Waals surface area contributed by atoms with E-state index in [1.807, 2.05) is 18.2 Å². The van der Waals surface area contributed by atoms with Crippen LogP contribution in [-0.4, -0.2) is 41.0 Å². The van der Waals surface area contributed by atoms with Crippen LogP contribution >= 0.6 is 0 Å². The maximum atomic E-state index is 12.2. The van der Waals surface area contributed by atoms with E-state index in [4.69, 9.17) is 4.74 Å². The molecule has 0 aromatic heterocycles. The summed E-state index contributed by atoms with van der Waals surface area (Å²) in [6, 6.07) is 16.4. The average molecular weight is 367 g/mol. The second-order valence-electron chi connectivity index (χ2n) is 5.67. The summed E-state index contributed by atoms with van der Waals surface area (Å²) in [6.07, 6.45) is 1.23. The highest BCUT2D eigenvalue weighted by Gasteiger charge is 2.20. The van der Waals surface area contributed by atoms with Gasteiger partial charge in [-0.2, -0.15) is 0 Å². The van der Waals surface area contributed by atoms with Crippen molar-refractivity contribution in [1.29, 1.82) is 0 Å². The van der Waals surface area contributed by atoms with E-state index in [1.54, 1.807) is 49.4 Å². The molecule has 0 unspecified atom stereocenters. The van der Waals surface area contributed by atoms with Gasteiger partial charge in [-0.05, 0) is 12.5 Å². The summed E-state index contributed by atoms with van der Waals surface area (Å²) in [7, 11) is 0. The SMILES string of the molecule is CCOC(=O)/C(C=N[C@@H](Cc1ccccc1)C(=O)O)=C(\O)c1ccccc1. The third-order valence-corrected chi connectivity index (χ3v) is 3.74. The van der Waals surface area contributed by atoms with Gasteiger partial charge in [0.2, 0.25) is 0 Å². The molecule has 2 aromatic carbocycles. The molecule has 0 aliphatic rings. The number of carboxylic acid groups (broad SMARTS) is 1. The Hall–Kier alpha value is -3.41. The molecule has 27 heavy (non-hydrogen) atoms. The smallest absolute Gasteiger partial charge is 0.343 e. The van der Waals surface area contributed by atoms with E-state index in [0.717, 1.165) is 11.8 Å². The summed E-state index contributed by atoms with van der Waals surface area (Å²) in [5.41, 5.74) is 1.01. The van der Waals surface area contributed by atoms with Gasteiger partial charge in [-0.1, -0.05) is 60.7 Å². The molecule has 2 N–H and O–H groups in total. The number of esters is 1. The molecule has 0 saturated heterocycles.